The van der Waals surface area contributed by atoms with Crippen LogP contribution < -0.4 is 14.8 Å². The molecule has 5 nitrogen and oxygen atoms in total. The van der Waals surface area contributed by atoms with Gasteiger partial charge < -0.3 is 14.8 Å². The van der Waals surface area contributed by atoms with Crippen LogP contribution in [0.5, 0.6) is 11.5 Å². The monoisotopic (exact) mass is 408 g/mol. The van der Waals surface area contributed by atoms with E-state index >= 15 is 0 Å². The zero-order valence-corrected chi connectivity index (χ0v) is 17.6. The SMILES string of the molecule is CCOc1cc2c(cc1NC(=O)Cc1csc(-c3ccc(C)cc3)n1)OC(C)C2. The third kappa shape index (κ3) is 4.43. The lowest BCUT2D eigenvalue weighted by atomic mass is 10.1. The summed E-state index contributed by atoms with van der Waals surface area (Å²) in [5, 5.41) is 5.82. The second kappa shape index (κ2) is 8.25. The lowest BCUT2D eigenvalue weighted by Crippen LogP contribution is -2.15. The maximum absolute atomic E-state index is 12.7. The molecule has 0 saturated carbocycles. The summed E-state index contributed by atoms with van der Waals surface area (Å²) in [5.41, 5.74) is 4.78. The van der Waals surface area contributed by atoms with Gasteiger partial charge in [0.1, 0.15) is 22.6 Å². The van der Waals surface area contributed by atoms with Crippen molar-refractivity contribution in [3.8, 4) is 22.1 Å². The smallest absolute Gasteiger partial charge is 0.230 e. The Morgan fingerprint density at radius 2 is 2.10 bits per heavy atom. The molecule has 1 aliphatic rings. The number of carbonyl (C=O) groups is 1. The van der Waals surface area contributed by atoms with E-state index < -0.39 is 0 Å². The van der Waals surface area contributed by atoms with E-state index in [-0.39, 0.29) is 18.4 Å². The molecule has 2 heterocycles. The van der Waals surface area contributed by atoms with Gasteiger partial charge in [0, 0.05) is 29.0 Å². The van der Waals surface area contributed by atoms with Crippen molar-refractivity contribution in [1.82, 2.24) is 4.98 Å². The molecule has 1 N–H and O–H groups in total. The van der Waals surface area contributed by atoms with E-state index in [2.05, 4.69) is 41.5 Å². The molecule has 1 aliphatic heterocycles. The lowest BCUT2D eigenvalue weighted by molar-refractivity contribution is -0.115. The van der Waals surface area contributed by atoms with Crippen LogP contribution in [-0.4, -0.2) is 23.6 Å². The molecule has 29 heavy (non-hydrogen) atoms. The van der Waals surface area contributed by atoms with Crippen molar-refractivity contribution < 1.29 is 14.3 Å². The minimum absolute atomic E-state index is 0.127. The number of fused-ring (bicyclic) bond motifs is 1. The third-order valence-corrected chi connectivity index (χ3v) is 5.70. The molecule has 0 radical (unpaired) electrons. The fourth-order valence-electron chi connectivity index (χ4n) is 3.39. The molecule has 0 fully saturated rings. The van der Waals surface area contributed by atoms with Crippen molar-refractivity contribution in [2.75, 3.05) is 11.9 Å². The highest BCUT2D eigenvalue weighted by molar-refractivity contribution is 7.13. The van der Waals surface area contributed by atoms with E-state index in [1.807, 2.05) is 31.4 Å². The minimum atomic E-state index is -0.127. The Hall–Kier alpha value is -2.86. The average molecular weight is 409 g/mol. The first kappa shape index (κ1) is 19.5. The van der Waals surface area contributed by atoms with E-state index in [1.165, 1.54) is 5.56 Å². The van der Waals surface area contributed by atoms with Gasteiger partial charge in [0.05, 0.1) is 24.4 Å². The number of ether oxygens (including phenoxy) is 2. The van der Waals surface area contributed by atoms with Crippen LogP contribution >= 0.6 is 11.3 Å². The first-order valence-corrected chi connectivity index (χ1v) is 10.7. The molecular weight excluding hydrogens is 384 g/mol. The van der Waals surface area contributed by atoms with Gasteiger partial charge in [0.2, 0.25) is 5.91 Å². The van der Waals surface area contributed by atoms with E-state index in [0.29, 0.717) is 18.0 Å². The predicted molar refractivity (Wildman–Crippen MR) is 116 cm³/mol. The van der Waals surface area contributed by atoms with Gasteiger partial charge in [0.25, 0.3) is 0 Å². The number of nitrogens with one attached hydrogen (secondary N) is 1. The number of hydrogen-bond acceptors (Lipinski definition) is 5. The Labute approximate surface area is 174 Å². The van der Waals surface area contributed by atoms with E-state index in [9.17, 15) is 4.79 Å². The number of hydrogen-bond donors (Lipinski definition) is 1. The number of nitrogens with zero attached hydrogens (tertiary/aromatic N) is 1. The Kier molecular flexibility index (Phi) is 5.53. The molecular formula is C23H24N2O3S. The van der Waals surface area contributed by atoms with Gasteiger partial charge >= 0.3 is 0 Å². The van der Waals surface area contributed by atoms with Crippen LogP contribution in [0.2, 0.25) is 0 Å². The number of amides is 1. The van der Waals surface area contributed by atoms with Crippen molar-refractivity contribution >= 4 is 22.9 Å². The van der Waals surface area contributed by atoms with E-state index in [0.717, 1.165) is 34.0 Å². The van der Waals surface area contributed by atoms with Crippen molar-refractivity contribution in [1.29, 1.82) is 0 Å². The van der Waals surface area contributed by atoms with Crippen LogP contribution in [0.1, 0.15) is 30.7 Å². The van der Waals surface area contributed by atoms with Crippen LogP contribution in [0.25, 0.3) is 10.6 Å². The second-order valence-electron chi connectivity index (χ2n) is 7.26. The normalized spacial score (nSPS) is 14.9. The summed E-state index contributed by atoms with van der Waals surface area (Å²) in [6, 6.07) is 12.1. The van der Waals surface area contributed by atoms with Gasteiger partial charge in [-0.3, -0.25) is 4.79 Å². The van der Waals surface area contributed by atoms with Gasteiger partial charge in [-0.1, -0.05) is 29.8 Å². The number of aromatic nitrogens is 1. The van der Waals surface area contributed by atoms with Gasteiger partial charge in [-0.05, 0) is 26.8 Å². The summed E-state index contributed by atoms with van der Waals surface area (Å²) >= 11 is 1.55. The summed E-state index contributed by atoms with van der Waals surface area (Å²) in [7, 11) is 0. The van der Waals surface area contributed by atoms with Crippen molar-refractivity contribution in [3.05, 3.63) is 58.6 Å². The first-order chi connectivity index (χ1) is 14.0. The Bertz CT molecular complexity index is 1030. The Balaban J connectivity index is 1.47. The highest BCUT2D eigenvalue weighted by atomic mass is 32.1. The molecule has 4 rings (SSSR count). The maximum atomic E-state index is 12.7. The lowest BCUT2D eigenvalue weighted by Gasteiger charge is -2.13. The molecule has 1 atom stereocenters. The standard InChI is InChI=1S/C23H24N2O3S/c1-4-27-21-10-17-9-15(3)28-20(17)12-19(21)25-22(26)11-18-13-29-23(24-18)16-7-5-14(2)6-8-16/h5-8,10,12-13,15H,4,9,11H2,1-3H3,(H,25,26). The van der Waals surface area contributed by atoms with Gasteiger partial charge in [0.15, 0.2) is 0 Å². The van der Waals surface area contributed by atoms with Crippen LogP contribution in [0.3, 0.4) is 0 Å². The third-order valence-electron chi connectivity index (χ3n) is 4.76. The highest BCUT2D eigenvalue weighted by Gasteiger charge is 2.22. The number of rotatable bonds is 6. The molecule has 1 amide bonds. The second-order valence-corrected chi connectivity index (χ2v) is 8.11. The van der Waals surface area contributed by atoms with Gasteiger partial charge in [-0.15, -0.1) is 11.3 Å². The molecule has 6 heteroatoms. The molecule has 0 saturated heterocycles. The average Bonchev–Trinajstić information content (AvgIpc) is 3.28. The molecule has 1 unspecified atom stereocenters. The highest BCUT2D eigenvalue weighted by Crippen LogP contribution is 2.38. The summed E-state index contributed by atoms with van der Waals surface area (Å²) in [6.07, 6.45) is 1.20. The predicted octanol–water partition coefficient (Wildman–Crippen LogP) is 5.02. The van der Waals surface area contributed by atoms with Crippen molar-refractivity contribution in [2.45, 2.75) is 39.7 Å². The molecule has 3 aromatic rings. The topological polar surface area (TPSA) is 60.5 Å². The molecule has 150 valence electrons. The zero-order valence-electron chi connectivity index (χ0n) is 16.8. The summed E-state index contributed by atoms with van der Waals surface area (Å²) in [5.74, 6) is 1.36. The van der Waals surface area contributed by atoms with Crippen molar-refractivity contribution in [3.63, 3.8) is 0 Å². The molecule has 0 bridgehead atoms. The van der Waals surface area contributed by atoms with Crippen LogP contribution in [0, 0.1) is 6.92 Å². The summed E-state index contributed by atoms with van der Waals surface area (Å²) in [6.45, 7) is 6.55. The molecule has 2 aromatic carbocycles. The van der Waals surface area contributed by atoms with Crippen LogP contribution in [0.4, 0.5) is 5.69 Å². The number of anilines is 1. The molecule has 1 aromatic heterocycles. The minimum Gasteiger partial charge on any atom is -0.492 e. The molecule has 0 aliphatic carbocycles. The van der Waals surface area contributed by atoms with Crippen LogP contribution in [0.15, 0.2) is 41.8 Å². The summed E-state index contributed by atoms with van der Waals surface area (Å²) in [4.78, 5) is 17.3. The number of thiazole rings is 1. The zero-order chi connectivity index (χ0) is 20.4. The van der Waals surface area contributed by atoms with Gasteiger partial charge in [-0.25, -0.2) is 4.98 Å². The van der Waals surface area contributed by atoms with Gasteiger partial charge in [-0.2, -0.15) is 0 Å². The maximum Gasteiger partial charge on any atom is 0.230 e. The van der Waals surface area contributed by atoms with Crippen LogP contribution in [-0.2, 0) is 17.6 Å². The first-order valence-electron chi connectivity index (χ1n) is 9.79. The number of benzene rings is 2. The molecule has 0 spiro atoms. The van der Waals surface area contributed by atoms with E-state index in [1.54, 1.807) is 11.3 Å². The Morgan fingerprint density at radius 3 is 2.86 bits per heavy atom. The quantitative estimate of drug-likeness (QED) is 0.622. The van der Waals surface area contributed by atoms with Crippen molar-refractivity contribution in [2.24, 2.45) is 0 Å². The summed E-state index contributed by atoms with van der Waals surface area (Å²) < 4.78 is 11.6. The number of carbonyl (C=O) groups excluding carboxylic acids is 1. The Morgan fingerprint density at radius 1 is 1.31 bits per heavy atom. The fraction of sp³-hybridized carbons (Fsp3) is 0.304. The number of aryl methyl sites for hydroxylation is 1. The fourth-order valence-corrected chi connectivity index (χ4v) is 4.21. The largest absolute Gasteiger partial charge is 0.492 e. The van der Waals surface area contributed by atoms with E-state index in [4.69, 9.17) is 9.47 Å².